The van der Waals surface area contributed by atoms with Gasteiger partial charge in [-0.2, -0.15) is 0 Å². The fourth-order valence-electron chi connectivity index (χ4n) is 3.23. The number of nitrogens with zero attached hydrogens (tertiary/aromatic N) is 1. The molecule has 0 saturated carbocycles. The van der Waals surface area contributed by atoms with Crippen LogP contribution in [0.4, 0.5) is 4.39 Å². The molecule has 3 nitrogen and oxygen atoms in total. The second kappa shape index (κ2) is 6.14. The standard InChI is InChI=1S/C17H22FNO2/c1-12-6-8-19(9-7-12)11-14-10-16(21-17(14)20)13-2-4-15(18)5-3-13/h2-5,12,14,16H,6-11H2,1H3/t14-,16+/m0/s1. The molecule has 114 valence electrons. The summed E-state index contributed by atoms with van der Waals surface area (Å²) in [6.07, 6.45) is 2.91. The second-order valence-electron chi connectivity index (χ2n) is 6.39. The first-order valence-electron chi connectivity index (χ1n) is 7.80. The van der Waals surface area contributed by atoms with Gasteiger partial charge in [0.25, 0.3) is 0 Å². The van der Waals surface area contributed by atoms with Gasteiger partial charge in [0.05, 0.1) is 5.92 Å². The van der Waals surface area contributed by atoms with E-state index in [0.717, 1.165) is 31.1 Å². The predicted octanol–water partition coefficient (Wildman–Crippen LogP) is 3.16. The molecule has 3 rings (SSSR count). The maximum Gasteiger partial charge on any atom is 0.311 e. The quantitative estimate of drug-likeness (QED) is 0.801. The van der Waals surface area contributed by atoms with Crippen LogP contribution in [0.15, 0.2) is 24.3 Å². The van der Waals surface area contributed by atoms with Crippen molar-refractivity contribution in [3.8, 4) is 0 Å². The molecule has 2 heterocycles. The molecule has 0 aromatic heterocycles. The average Bonchev–Trinajstić information content (AvgIpc) is 2.83. The molecule has 21 heavy (non-hydrogen) atoms. The first-order chi connectivity index (χ1) is 10.1. The number of ether oxygens (including phenoxy) is 1. The Kier molecular flexibility index (Phi) is 4.24. The zero-order valence-corrected chi connectivity index (χ0v) is 12.4. The Morgan fingerprint density at radius 1 is 1.24 bits per heavy atom. The lowest BCUT2D eigenvalue weighted by molar-refractivity contribution is -0.145. The van der Waals surface area contributed by atoms with E-state index in [4.69, 9.17) is 4.74 Å². The second-order valence-corrected chi connectivity index (χ2v) is 6.39. The van der Waals surface area contributed by atoms with E-state index in [1.165, 1.54) is 25.0 Å². The fraction of sp³-hybridized carbons (Fsp3) is 0.588. The SMILES string of the molecule is CC1CCN(C[C@@H]2C[C@H](c3ccc(F)cc3)OC2=O)CC1. The topological polar surface area (TPSA) is 29.5 Å². The number of rotatable bonds is 3. The number of cyclic esters (lactones) is 1. The molecule has 1 aromatic rings. The van der Waals surface area contributed by atoms with Gasteiger partial charge in [-0.15, -0.1) is 0 Å². The number of benzene rings is 1. The highest BCUT2D eigenvalue weighted by molar-refractivity contribution is 5.75. The Bertz CT molecular complexity index is 494. The summed E-state index contributed by atoms with van der Waals surface area (Å²) in [6, 6.07) is 6.25. The third-order valence-corrected chi connectivity index (χ3v) is 4.69. The molecule has 2 aliphatic rings. The van der Waals surface area contributed by atoms with Crippen molar-refractivity contribution < 1.29 is 13.9 Å². The van der Waals surface area contributed by atoms with Crippen LogP contribution in [0, 0.1) is 17.7 Å². The number of piperidine rings is 1. The van der Waals surface area contributed by atoms with Gasteiger partial charge in [-0.3, -0.25) is 4.79 Å². The van der Waals surface area contributed by atoms with Crippen LogP contribution in [0.25, 0.3) is 0 Å². The number of likely N-dealkylation sites (tertiary alicyclic amines) is 1. The number of hydrogen-bond acceptors (Lipinski definition) is 3. The molecular weight excluding hydrogens is 269 g/mol. The number of esters is 1. The van der Waals surface area contributed by atoms with Crippen molar-refractivity contribution in [2.45, 2.75) is 32.3 Å². The zero-order valence-electron chi connectivity index (χ0n) is 12.4. The lowest BCUT2D eigenvalue weighted by atomic mass is 9.96. The molecule has 0 N–H and O–H groups in total. The Morgan fingerprint density at radius 2 is 1.90 bits per heavy atom. The van der Waals surface area contributed by atoms with Crippen LogP contribution in [0.2, 0.25) is 0 Å². The molecule has 0 unspecified atom stereocenters. The third-order valence-electron chi connectivity index (χ3n) is 4.69. The van der Waals surface area contributed by atoms with Crippen molar-refractivity contribution in [2.24, 2.45) is 11.8 Å². The smallest absolute Gasteiger partial charge is 0.311 e. The van der Waals surface area contributed by atoms with E-state index in [2.05, 4.69) is 11.8 Å². The lowest BCUT2D eigenvalue weighted by Gasteiger charge is -2.31. The molecular formula is C17H22FNO2. The van der Waals surface area contributed by atoms with Gasteiger partial charge in [0.15, 0.2) is 0 Å². The Morgan fingerprint density at radius 3 is 2.57 bits per heavy atom. The Balaban J connectivity index is 1.58. The lowest BCUT2D eigenvalue weighted by Crippen LogP contribution is -2.37. The fourth-order valence-corrected chi connectivity index (χ4v) is 3.23. The number of carbonyl (C=O) groups is 1. The highest BCUT2D eigenvalue weighted by atomic mass is 19.1. The molecule has 0 amide bonds. The largest absolute Gasteiger partial charge is 0.457 e. The summed E-state index contributed by atoms with van der Waals surface area (Å²) in [6.45, 7) is 5.23. The van der Waals surface area contributed by atoms with E-state index < -0.39 is 0 Å². The van der Waals surface area contributed by atoms with Gasteiger partial charge in [-0.05, 0) is 49.5 Å². The molecule has 2 aliphatic heterocycles. The minimum atomic E-state index is -0.262. The Labute approximate surface area is 125 Å². The highest BCUT2D eigenvalue weighted by Gasteiger charge is 2.36. The summed E-state index contributed by atoms with van der Waals surface area (Å²) in [5.41, 5.74) is 0.888. The number of hydrogen-bond donors (Lipinski definition) is 0. The van der Waals surface area contributed by atoms with Gasteiger partial charge in [-0.25, -0.2) is 4.39 Å². The van der Waals surface area contributed by atoms with Crippen LogP contribution in [0.3, 0.4) is 0 Å². The van der Waals surface area contributed by atoms with Crippen molar-refractivity contribution in [1.29, 1.82) is 0 Å². The summed E-state index contributed by atoms with van der Waals surface area (Å²) < 4.78 is 18.4. The maximum absolute atomic E-state index is 13.0. The minimum absolute atomic E-state index is 0.0477. The molecule has 0 radical (unpaired) electrons. The van der Waals surface area contributed by atoms with E-state index in [0.29, 0.717) is 6.42 Å². The van der Waals surface area contributed by atoms with Crippen molar-refractivity contribution in [3.63, 3.8) is 0 Å². The van der Waals surface area contributed by atoms with Crippen LogP contribution in [0.1, 0.15) is 37.9 Å². The van der Waals surface area contributed by atoms with Gasteiger partial charge in [0.1, 0.15) is 11.9 Å². The summed E-state index contributed by atoms with van der Waals surface area (Å²) in [4.78, 5) is 14.4. The van der Waals surface area contributed by atoms with Gasteiger partial charge in [-0.1, -0.05) is 19.1 Å². The first kappa shape index (κ1) is 14.5. The monoisotopic (exact) mass is 291 g/mol. The van der Waals surface area contributed by atoms with Gasteiger partial charge >= 0.3 is 5.97 Å². The number of carbonyl (C=O) groups excluding carboxylic acids is 1. The molecule has 1 aromatic carbocycles. The van der Waals surface area contributed by atoms with Crippen LogP contribution in [0.5, 0.6) is 0 Å². The van der Waals surface area contributed by atoms with Crippen LogP contribution < -0.4 is 0 Å². The molecule has 0 spiro atoms. The average molecular weight is 291 g/mol. The minimum Gasteiger partial charge on any atom is -0.457 e. The van der Waals surface area contributed by atoms with E-state index in [1.54, 1.807) is 12.1 Å². The molecule has 0 aliphatic carbocycles. The van der Waals surface area contributed by atoms with Gasteiger partial charge in [0.2, 0.25) is 0 Å². The third kappa shape index (κ3) is 3.43. The molecule has 2 fully saturated rings. The highest BCUT2D eigenvalue weighted by Crippen LogP contribution is 2.34. The molecule has 2 saturated heterocycles. The summed E-state index contributed by atoms with van der Waals surface area (Å²) in [5, 5.41) is 0. The van der Waals surface area contributed by atoms with Gasteiger partial charge in [0, 0.05) is 13.0 Å². The van der Waals surface area contributed by atoms with Crippen molar-refractivity contribution in [3.05, 3.63) is 35.6 Å². The molecule has 2 atom stereocenters. The molecule has 0 bridgehead atoms. The summed E-state index contributed by atoms with van der Waals surface area (Å²) in [5.74, 6) is 0.377. The normalized spacial score (nSPS) is 27.8. The van der Waals surface area contributed by atoms with Crippen LogP contribution >= 0.6 is 0 Å². The zero-order chi connectivity index (χ0) is 14.8. The first-order valence-corrected chi connectivity index (χ1v) is 7.80. The van der Waals surface area contributed by atoms with Crippen molar-refractivity contribution in [2.75, 3.05) is 19.6 Å². The van der Waals surface area contributed by atoms with Crippen LogP contribution in [-0.4, -0.2) is 30.5 Å². The van der Waals surface area contributed by atoms with Crippen molar-refractivity contribution in [1.82, 2.24) is 4.90 Å². The summed E-state index contributed by atoms with van der Waals surface area (Å²) >= 11 is 0. The van der Waals surface area contributed by atoms with E-state index in [-0.39, 0.29) is 23.8 Å². The van der Waals surface area contributed by atoms with Crippen LogP contribution in [-0.2, 0) is 9.53 Å². The van der Waals surface area contributed by atoms with E-state index in [1.807, 2.05) is 0 Å². The predicted molar refractivity (Wildman–Crippen MR) is 78.2 cm³/mol. The van der Waals surface area contributed by atoms with E-state index in [9.17, 15) is 9.18 Å². The van der Waals surface area contributed by atoms with E-state index >= 15 is 0 Å². The Hall–Kier alpha value is -1.42. The summed E-state index contributed by atoms with van der Waals surface area (Å²) in [7, 11) is 0. The van der Waals surface area contributed by atoms with Gasteiger partial charge < -0.3 is 9.64 Å². The van der Waals surface area contributed by atoms with Crippen molar-refractivity contribution >= 4 is 5.97 Å². The number of halogens is 1. The molecule has 4 heteroatoms. The maximum atomic E-state index is 13.0.